The third-order valence-electron chi connectivity index (χ3n) is 4.03. The van der Waals surface area contributed by atoms with Gasteiger partial charge in [-0.25, -0.2) is 0 Å². The molecular formula is C17H25NO. The van der Waals surface area contributed by atoms with E-state index in [0.717, 1.165) is 25.1 Å². The molecule has 1 N–H and O–H groups in total. The highest BCUT2D eigenvalue weighted by Gasteiger charge is 2.30. The van der Waals surface area contributed by atoms with Gasteiger partial charge in [0.05, 0.1) is 7.11 Å². The van der Waals surface area contributed by atoms with Crippen molar-refractivity contribution in [1.29, 1.82) is 0 Å². The van der Waals surface area contributed by atoms with Gasteiger partial charge in [-0.15, -0.1) is 6.58 Å². The second-order valence-corrected chi connectivity index (χ2v) is 5.26. The molecule has 0 heterocycles. The lowest BCUT2D eigenvalue weighted by molar-refractivity contribution is 0.359. The minimum absolute atomic E-state index is 0.490. The number of methoxy groups -OCH3 is 1. The molecule has 1 aliphatic rings. The number of nitrogens with one attached hydrogen (secondary N) is 1. The molecular weight excluding hydrogens is 234 g/mol. The first-order valence-electron chi connectivity index (χ1n) is 7.31. The first-order valence-corrected chi connectivity index (χ1v) is 7.31. The smallest absolute Gasteiger partial charge is 0.122 e. The summed E-state index contributed by atoms with van der Waals surface area (Å²) < 4.78 is 5.58. The molecule has 1 aromatic carbocycles. The highest BCUT2D eigenvalue weighted by atomic mass is 16.5. The van der Waals surface area contributed by atoms with Crippen molar-refractivity contribution in [1.82, 2.24) is 5.32 Å². The van der Waals surface area contributed by atoms with E-state index >= 15 is 0 Å². The zero-order valence-corrected chi connectivity index (χ0v) is 12.1. The van der Waals surface area contributed by atoms with Gasteiger partial charge >= 0.3 is 0 Å². The first kappa shape index (κ1) is 14.1. The van der Waals surface area contributed by atoms with Gasteiger partial charge in [-0.1, -0.05) is 25.1 Å². The second kappa shape index (κ2) is 6.76. The molecule has 1 aliphatic carbocycles. The molecule has 1 aromatic rings. The fourth-order valence-electron chi connectivity index (χ4n) is 3.16. The van der Waals surface area contributed by atoms with Gasteiger partial charge in [0.1, 0.15) is 5.75 Å². The van der Waals surface area contributed by atoms with Crippen LogP contribution in [0.15, 0.2) is 30.9 Å². The van der Waals surface area contributed by atoms with Crippen LogP contribution >= 0.6 is 0 Å². The standard InChI is InChI=1S/C17H25NO/c1-4-7-14-15(18-12-5-2)11-10-13-8-6-9-16(19-3)17(13)14/h4,6,8-9,14-15,18H,1,5,7,10-12H2,2-3H3/t14-,15-/m0/s1. The van der Waals surface area contributed by atoms with Crippen LogP contribution in [-0.4, -0.2) is 19.7 Å². The molecule has 2 rings (SSSR count). The quantitative estimate of drug-likeness (QED) is 0.787. The van der Waals surface area contributed by atoms with E-state index < -0.39 is 0 Å². The topological polar surface area (TPSA) is 21.3 Å². The van der Waals surface area contributed by atoms with E-state index in [2.05, 4.69) is 37.0 Å². The summed E-state index contributed by atoms with van der Waals surface area (Å²) in [5.41, 5.74) is 2.84. The zero-order chi connectivity index (χ0) is 13.7. The van der Waals surface area contributed by atoms with Crippen LogP contribution in [0.5, 0.6) is 5.75 Å². The van der Waals surface area contributed by atoms with E-state index in [4.69, 9.17) is 4.74 Å². The zero-order valence-electron chi connectivity index (χ0n) is 12.1. The Hall–Kier alpha value is -1.28. The minimum atomic E-state index is 0.490. The third kappa shape index (κ3) is 3.01. The Bertz CT molecular complexity index is 413. The molecule has 0 radical (unpaired) electrons. The van der Waals surface area contributed by atoms with Crippen molar-refractivity contribution in [2.75, 3.05) is 13.7 Å². The largest absolute Gasteiger partial charge is 0.496 e. The molecule has 0 spiro atoms. The minimum Gasteiger partial charge on any atom is -0.496 e. The average Bonchev–Trinajstić information content (AvgIpc) is 2.45. The second-order valence-electron chi connectivity index (χ2n) is 5.26. The summed E-state index contributed by atoms with van der Waals surface area (Å²) in [6.07, 6.45) is 6.57. The maximum atomic E-state index is 5.58. The monoisotopic (exact) mass is 259 g/mol. The number of hydrogen-bond acceptors (Lipinski definition) is 2. The Morgan fingerprint density at radius 3 is 3.00 bits per heavy atom. The van der Waals surface area contributed by atoms with E-state index in [-0.39, 0.29) is 0 Å². The predicted octanol–water partition coefficient (Wildman–Crippen LogP) is 3.67. The van der Waals surface area contributed by atoms with Gasteiger partial charge in [0.15, 0.2) is 0 Å². The number of fused-ring (bicyclic) bond motifs is 1. The average molecular weight is 259 g/mol. The maximum Gasteiger partial charge on any atom is 0.122 e. The van der Waals surface area contributed by atoms with Gasteiger partial charge in [-0.05, 0) is 43.9 Å². The molecule has 0 saturated heterocycles. The lowest BCUT2D eigenvalue weighted by atomic mass is 9.77. The first-order chi connectivity index (χ1) is 9.31. The fraction of sp³-hybridized carbons (Fsp3) is 0.529. The molecule has 0 unspecified atom stereocenters. The summed E-state index contributed by atoms with van der Waals surface area (Å²) in [7, 11) is 1.77. The Labute approximate surface area is 116 Å². The number of hydrogen-bond donors (Lipinski definition) is 1. The summed E-state index contributed by atoms with van der Waals surface area (Å²) in [6.45, 7) is 7.23. The number of rotatable bonds is 6. The molecule has 2 heteroatoms. The summed E-state index contributed by atoms with van der Waals surface area (Å²) in [4.78, 5) is 0. The van der Waals surface area contributed by atoms with E-state index in [9.17, 15) is 0 Å². The Morgan fingerprint density at radius 1 is 1.47 bits per heavy atom. The van der Waals surface area contributed by atoms with Crippen molar-refractivity contribution in [2.45, 2.75) is 44.6 Å². The van der Waals surface area contributed by atoms with Crippen LogP contribution in [0.4, 0.5) is 0 Å². The van der Waals surface area contributed by atoms with Crippen molar-refractivity contribution >= 4 is 0 Å². The fourth-order valence-corrected chi connectivity index (χ4v) is 3.16. The molecule has 0 amide bonds. The molecule has 0 saturated carbocycles. The van der Waals surface area contributed by atoms with Crippen LogP contribution in [0.1, 0.15) is 43.2 Å². The lowest BCUT2D eigenvalue weighted by Gasteiger charge is -2.35. The van der Waals surface area contributed by atoms with Gasteiger partial charge in [-0.3, -0.25) is 0 Å². The van der Waals surface area contributed by atoms with Crippen molar-refractivity contribution < 1.29 is 4.74 Å². The summed E-state index contributed by atoms with van der Waals surface area (Å²) in [6, 6.07) is 6.96. The van der Waals surface area contributed by atoms with Crippen LogP contribution in [0.25, 0.3) is 0 Å². The number of aryl methyl sites for hydroxylation is 1. The molecule has 19 heavy (non-hydrogen) atoms. The van der Waals surface area contributed by atoms with Crippen LogP contribution in [0, 0.1) is 0 Å². The van der Waals surface area contributed by atoms with Gasteiger partial charge in [-0.2, -0.15) is 0 Å². The SMILES string of the molecule is C=CC[C@@H]1c2c(cccc2OC)CC[C@@H]1NCCC. The summed E-state index contributed by atoms with van der Waals surface area (Å²) in [5.74, 6) is 1.52. The third-order valence-corrected chi connectivity index (χ3v) is 4.03. The van der Waals surface area contributed by atoms with Crippen LogP contribution in [0.3, 0.4) is 0 Å². The molecule has 104 valence electrons. The van der Waals surface area contributed by atoms with Crippen molar-refractivity contribution in [3.05, 3.63) is 42.0 Å². The molecule has 0 fully saturated rings. The maximum absolute atomic E-state index is 5.58. The predicted molar refractivity (Wildman–Crippen MR) is 81.0 cm³/mol. The van der Waals surface area contributed by atoms with Crippen molar-refractivity contribution in [2.24, 2.45) is 0 Å². The van der Waals surface area contributed by atoms with Gasteiger partial charge in [0.25, 0.3) is 0 Å². The highest BCUT2D eigenvalue weighted by Crippen LogP contribution is 2.40. The van der Waals surface area contributed by atoms with Crippen LogP contribution in [0.2, 0.25) is 0 Å². The van der Waals surface area contributed by atoms with Crippen LogP contribution in [-0.2, 0) is 6.42 Å². The lowest BCUT2D eigenvalue weighted by Crippen LogP contribution is -2.38. The Balaban J connectivity index is 2.32. The van der Waals surface area contributed by atoms with E-state index in [1.807, 2.05) is 6.08 Å². The Kier molecular flexibility index (Phi) is 5.03. The number of allylic oxidation sites excluding steroid dienone is 1. The molecule has 0 bridgehead atoms. The van der Waals surface area contributed by atoms with Gasteiger partial charge in [0, 0.05) is 17.5 Å². The Morgan fingerprint density at radius 2 is 2.32 bits per heavy atom. The molecule has 0 aromatic heterocycles. The van der Waals surface area contributed by atoms with E-state index in [1.165, 1.54) is 24.0 Å². The summed E-state index contributed by atoms with van der Waals surface area (Å²) >= 11 is 0. The van der Waals surface area contributed by atoms with Crippen LogP contribution < -0.4 is 10.1 Å². The highest BCUT2D eigenvalue weighted by molar-refractivity contribution is 5.45. The number of ether oxygens (including phenoxy) is 1. The number of benzene rings is 1. The van der Waals surface area contributed by atoms with E-state index in [0.29, 0.717) is 12.0 Å². The molecule has 0 aliphatic heterocycles. The summed E-state index contributed by atoms with van der Waals surface area (Å²) in [5, 5.41) is 3.70. The molecule has 2 nitrogen and oxygen atoms in total. The van der Waals surface area contributed by atoms with Gasteiger partial charge in [0.2, 0.25) is 0 Å². The van der Waals surface area contributed by atoms with E-state index in [1.54, 1.807) is 7.11 Å². The van der Waals surface area contributed by atoms with Gasteiger partial charge < -0.3 is 10.1 Å². The van der Waals surface area contributed by atoms with Crippen molar-refractivity contribution in [3.8, 4) is 5.75 Å². The molecule has 2 atom stereocenters. The van der Waals surface area contributed by atoms with Crippen molar-refractivity contribution in [3.63, 3.8) is 0 Å². The normalized spacial score (nSPS) is 21.8.